The number of hydrogen-bond donors (Lipinski definition) is 2. The van der Waals surface area contributed by atoms with Crippen molar-refractivity contribution >= 4 is 6.03 Å². The smallest absolute Gasteiger partial charge is 0.320 e. The number of nitrogens with one attached hydrogen (secondary N) is 1. The minimum absolute atomic E-state index is 0.0736. The highest BCUT2D eigenvalue weighted by molar-refractivity contribution is 5.74. The van der Waals surface area contributed by atoms with E-state index in [1.54, 1.807) is 0 Å². The first kappa shape index (κ1) is 25.1. The monoisotopic (exact) mass is 466 g/mol. The number of piperidine rings is 1. The molecular weight excluding hydrogens is 419 g/mol. The fraction of sp³-hybridized carbons (Fsp3) is 0.960. The second kappa shape index (κ2) is 11.6. The van der Waals surface area contributed by atoms with Crippen LogP contribution in [0.15, 0.2) is 0 Å². The van der Waals surface area contributed by atoms with Gasteiger partial charge in [0.25, 0.3) is 0 Å². The van der Waals surface area contributed by atoms with Gasteiger partial charge in [-0.05, 0) is 25.8 Å². The zero-order valence-electron chi connectivity index (χ0n) is 20.8. The van der Waals surface area contributed by atoms with Crippen LogP contribution in [-0.2, 0) is 0 Å². The predicted molar refractivity (Wildman–Crippen MR) is 131 cm³/mol. The van der Waals surface area contributed by atoms with E-state index in [-0.39, 0.29) is 24.0 Å². The lowest BCUT2D eigenvalue weighted by Crippen LogP contribution is -2.72. The van der Waals surface area contributed by atoms with Gasteiger partial charge in [0.1, 0.15) is 5.67 Å². The third kappa shape index (κ3) is 6.00. The van der Waals surface area contributed by atoms with E-state index in [9.17, 15) is 4.79 Å². The fourth-order valence-electron chi connectivity index (χ4n) is 6.64. The predicted octanol–water partition coefficient (Wildman–Crippen LogP) is 2.12. The number of carbonyl (C=O) groups is 1. The fourth-order valence-corrected chi connectivity index (χ4v) is 6.64. The lowest BCUT2D eigenvalue weighted by atomic mass is 9.72. The second-order valence-corrected chi connectivity index (χ2v) is 11.0. The molecule has 3 saturated heterocycles. The lowest BCUT2D eigenvalue weighted by Gasteiger charge is -2.52. The summed E-state index contributed by atoms with van der Waals surface area (Å²) in [5.41, 5.74) is 5.31. The van der Waals surface area contributed by atoms with Crippen LogP contribution in [0.1, 0.15) is 57.8 Å². The van der Waals surface area contributed by atoms with E-state index >= 15 is 4.39 Å². The molecule has 4 rings (SSSR count). The third-order valence-corrected chi connectivity index (χ3v) is 8.71. The van der Waals surface area contributed by atoms with Crippen LogP contribution in [-0.4, -0.2) is 116 Å². The molecule has 33 heavy (non-hydrogen) atoms. The summed E-state index contributed by atoms with van der Waals surface area (Å²) in [5, 5.41) is 3.33. The van der Waals surface area contributed by atoms with Crippen LogP contribution in [0.5, 0.6) is 0 Å². The number of nitrogens with zero attached hydrogens (tertiary/aromatic N) is 4. The maximum absolute atomic E-state index is 17.0. The summed E-state index contributed by atoms with van der Waals surface area (Å²) in [6.07, 6.45) is 10.6. The molecule has 0 radical (unpaired) electrons. The molecule has 4 fully saturated rings. The molecule has 0 aromatic rings. The van der Waals surface area contributed by atoms with Gasteiger partial charge in [0.05, 0.1) is 6.04 Å². The minimum Gasteiger partial charge on any atom is -0.325 e. The van der Waals surface area contributed by atoms with Crippen LogP contribution < -0.4 is 11.1 Å². The van der Waals surface area contributed by atoms with E-state index in [1.807, 2.05) is 9.80 Å². The van der Waals surface area contributed by atoms with Crippen LogP contribution in [0.3, 0.4) is 0 Å². The van der Waals surface area contributed by atoms with Gasteiger partial charge < -0.3 is 25.8 Å². The topological polar surface area (TPSA) is 68.1 Å². The number of amides is 2. The van der Waals surface area contributed by atoms with Crippen molar-refractivity contribution in [2.45, 2.75) is 75.5 Å². The van der Waals surface area contributed by atoms with Crippen molar-refractivity contribution in [2.24, 2.45) is 11.7 Å². The Bertz CT molecular complexity index is 612. The summed E-state index contributed by atoms with van der Waals surface area (Å²) < 4.78 is 17.0. The summed E-state index contributed by atoms with van der Waals surface area (Å²) >= 11 is 0. The van der Waals surface area contributed by atoms with Crippen LogP contribution in [0.2, 0.25) is 0 Å². The number of urea groups is 1. The molecule has 2 amide bonds. The number of nitrogens with two attached hydrogens (primary N) is 1. The number of carbonyl (C=O) groups excluding carboxylic acids is 1. The van der Waals surface area contributed by atoms with Gasteiger partial charge in [-0.3, -0.25) is 4.90 Å². The molecule has 0 bridgehead atoms. The van der Waals surface area contributed by atoms with Gasteiger partial charge in [-0.2, -0.15) is 0 Å². The molecule has 3 heterocycles. The van der Waals surface area contributed by atoms with Gasteiger partial charge in [-0.15, -0.1) is 0 Å². The number of halogens is 1. The molecule has 1 saturated carbocycles. The first-order valence-electron chi connectivity index (χ1n) is 13.6. The van der Waals surface area contributed by atoms with Crippen LogP contribution in [0.4, 0.5) is 9.18 Å². The van der Waals surface area contributed by atoms with Crippen LogP contribution in [0.25, 0.3) is 0 Å². The second-order valence-electron chi connectivity index (χ2n) is 11.0. The SMILES string of the molecule is CN1CCN(C(=O)N2CCN(C3C(N)CNCC3(F)C3CCCCCCCCC3)CC2)CC1. The molecule has 0 spiro atoms. The molecule has 0 aromatic heterocycles. The van der Waals surface area contributed by atoms with Gasteiger partial charge in [0.15, 0.2) is 0 Å². The van der Waals surface area contributed by atoms with Crippen LogP contribution in [0, 0.1) is 5.92 Å². The molecule has 190 valence electrons. The Kier molecular flexibility index (Phi) is 8.87. The Hall–Kier alpha value is -0.960. The van der Waals surface area contributed by atoms with Crippen molar-refractivity contribution in [3.05, 3.63) is 0 Å². The lowest BCUT2D eigenvalue weighted by molar-refractivity contribution is -0.0656. The van der Waals surface area contributed by atoms with Gasteiger partial charge in [-0.25, -0.2) is 9.18 Å². The number of hydrogen-bond acceptors (Lipinski definition) is 5. The molecule has 1 aliphatic carbocycles. The maximum Gasteiger partial charge on any atom is 0.320 e. The molecule has 3 aliphatic heterocycles. The molecule has 7 nitrogen and oxygen atoms in total. The minimum atomic E-state index is -1.29. The molecule has 8 heteroatoms. The molecule has 3 atom stereocenters. The first-order valence-corrected chi connectivity index (χ1v) is 13.6. The quantitative estimate of drug-likeness (QED) is 0.653. The normalized spacial score (nSPS) is 34.9. The number of likely N-dealkylation sites (N-methyl/N-ethyl adjacent to an activating group) is 1. The van der Waals surface area contributed by atoms with Crippen molar-refractivity contribution in [1.82, 2.24) is 24.9 Å². The van der Waals surface area contributed by atoms with E-state index in [2.05, 4.69) is 22.2 Å². The molecule has 4 aliphatic rings. The molecule has 0 aromatic carbocycles. The Morgan fingerprint density at radius 1 is 0.848 bits per heavy atom. The Balaban J connectivity index is 1.39. The van der Waals surface area contributed by atoms with Crippen molar-refractivity contribution in [2.75, 3.05) is 72.5 Å². The van der Waals surface area contributed by atoms with E-state index < -0.39 is 5.67 Å². The van der Waals surface area contributed by atoms with Crippen molar-refractivity contribution in [3.8, 4) is 0 Å². The number of piperazine rings is 2. The summed E-state index contributed by atoms with van der Waals surface area (Å²) in [4.78, 5) is 21.5. The molecular formula is C25H47FN6O. The van der Waals surface area contributed by atoms with Crippen molar-refractivity contribution in [1.29, 1.82) is 0 Å². The largest absolute Gasteiger partial charge is 0.325 e. The zero-order chi connectivity index (χ0) is 23.3. The highest BCUT2D eigenvalue weighted by atomic mass is 19.1. The van der Waals surface area contributed by atoms with Crippen molar-refractivity contribution in [3.63, 3.8) is 0 Å². The molecule has 3 N–H and O–H groups in total. The zero-order valence-corrected chi connectivity index (χ0v) is 20.8. The van der Waals surface area contributed by atoms with E-state index in [0.29, 0.717) is 26.2 Å². The van der Waals surface area contributed by atoms with Crippen molar-refractivity contribution < 1.29 is 9.18 Å². The highest BCUT2D eigenvalue weighted by Gasteiger charge is 2.52. The summed E-state index contributed by atoms with van der Waals surface area (Å²) in [5.74, 6) is 0.0736. The third-order valence-electron chi connectivity index (χ3n) is 8.71. The Morgan fingerprint density at radius 3 is 1.94 bits per heavy atom. The number of alkyl halides is 1. The van der Waals surface area contributed by atoms with Gasteiger partial charge in [0, 0.05) is 71.5 Å². The summed E-state index contributed by atoms with van der Waals surface area (Å²) in [6.45, 7) is 7.31. The standard InChI is InChI=1S/C25H47FN6O/c1-29-11-13-31(14-12-29)24(33)32-17-15-30(16-18-32)23-22(27)19-28-20-25(23,26)21-9-7-5-3-2-4-6-8-10-21/h21-23,28H,2-20,27H2,1H3. The van der Waals surface area contributed by atoms with E-state index in [0.717, 1.165) is 65.0 Å². The van der Waals surface area contributed by atoms with Gasteiger partial charge in [0.2, 0.25) is 0 Å². The van der Waals surface area contributed by atoms with Crippen LogP contribution >= 0.6 is 0 Å². The van der Waals surface area contributed by atoms with E-state index in [1.165, 1.54) is 32.1 Å². The Morgan fingerprint density at radius 2 is 1.36 bits per heavy atom. The molecule has 3 unspecified atom stereocenters. The Labute approximate surface area is 200 Å². The average Bonchev–Trinajstić information content (AvgIpc) is 2.83. The van der Waals surface area contributed by atoms with E-state index in [4.69, 9.17) is 5.73 Å². The maximum atomic E-state index is 17.0. The number of rotatable bonds is 2. The highest BCUT2D eigenvalue weighted by Crippen LogP contribution is 2.40. The first-order chi connectivity index (χ1) is 16.0. The van der Waals surface area contributed by atoms with Gasteiger partial charge in [-0.1, -0.05) is 44.9 Å². The summed E-state index contributed by atoms with van der Waals surface area (Å²) in [7, 11) is 2.10. The average molecular weight is 467 g/mol. The summed E-state index contributed by atoms with van der Waals surface area (Å²) in [6, 6.07) is -0.317. The van der Waals surface area contributed by atoms with Gasteiger partial charge >= 0.3 is 6.03 Å².